The fourth-order valence-electron chi connectivity index (χ4n) is 1.76. The molecule has 1 unspecified atom stereocenters. The molecule has 0 saturated carbocycles. The Labute approximate surface area is 134 Å². The SMILES string of the molecule is CC(=O)NC(C)C#Cc1cnc(Oc2ccc(C)c(C)c2)s1. The summed E-state index contributed by atoms with van der Waals surface area (Å²) in [7, 11) is 0. The van der Waals surface area contributed by atoms with E-state index in [9.17, 15) is 4.79 Å². The number of nitrogens with one attached hydrogen (secondary N) is 1. The molecule has 0 fully saturated rings. The van der Waals surface area contributed by atoms with Gasteiger partial charge in [-0.25, -0.2) is 4.98 Å². The van der Waals surface area contributed by atoms with Crippen LogP contribution in [0.1, 0.15) is 29.9 Å². The molecular weight excluding hydrogens is 296 g/mol. The number of thiazole rings is 1. The number of aromatic nitrogens is 1. The monoisotopic (exact) mass is 314 g/mol. The van der Waals surface area contributed by atoms with Crippen LogP contribution in [0.15, 0.2) is 24.4 Å². The van der Waals surface area contributed by atoms with E-state index in [1.807, 2.05) is 32.0 Å². The number of hydrogen-bond acceptors (Lipinski definition) is 4. The molecule has 1 aromatic heterocycles. The highest BCUT2D eigenvalue weighted by Gasteiger charge is 2.04. The first-order valence-corrected chi connectivity index (χ1v) is 7.75. The molecule has 2 aromatic rings. The summed E-state index contributed by atoms with van der Waals surface area (Å²) in [5.41, 5.74) is 2.41. The lowest BCUT2D eigenvalue weighted by molar-refractivity contribution is -0.119. The highest BCUT2D eigenvalue weighted by Crippen LogP contribution is 2.27. The summed E-state index contributed by atoms with van der Waals surface area (Å²) in [5, 5.41) is 3.27. The van der Waals surface area contributed by atoms with Gasteiger partial charge < -0.3 is 10.1 Å². The van der Waals surface area contributed by atoms with Crippen LogP contribution in [0.2, 0.25) is 0 Å². The van der Waals surface area contributed by atoms with Crippen LogP contribution in [0.4, 0.5) is 0 Å². The van der Waals surface area contributed by atoms with E-state index in [1.165, 1.54) is 29.4 Å². The molecule has 0 bridgehead atoms. The predicted molar refractivity (Wildman–Crippen MR) is 88.3 cm³/mol. The number of nitrogens with zero attached hydrogens (tertiary/aromatic N) is 1. The Morgan fingerprint density at radius 2 is 2.14 bits per heavy atom. The summed E-state index contributed by atoms with van der Waals surface area (Å²) < 4.78 is 5.74. The Morgan fingerprint density at radius 3 is 2.82 bits per heavy atom. The molecule has 1 N–H and O–H groups in total. The molecule has 5 heteroatoms. The van der Waals surface area contributed by atoms with Crippen molar-refractivity contribution in [3.8, 4) is 22.8 Å². The van der Waals surface area contributed by atoms with E-state index in [0.29, 0.717) is 5.19 Å². The zero-order valence-electron chi connectivity index (χ0n) is 13.1. The molecule has 1 heterocycles. The normalized spacial score (nSPS) is 11.3. The van der Waals surface area contributed by atoms with Crippen molar-refractivity contribution in [2.45, 2.75) is 33.7 Å². The van der Waals surface area contributed by atoms with Gasteiger partial charge in [-0.2, -0.15) is 0 Å². The first kappa shape index (κ1) is 16.1. The van der Waals surface area contributed by atoms with Crippen molar-refractivity contribution < 1.29 is 9.53 Å². The van der Waals surface area contributed by atoms with Gasteiger partial charge in [-0.15, -0.1) is 0 Å². The second-order valence-corrected chi connectivity index (χ2v) is 6.02. The van der Waals surface area contributed by atoms with Crippen LogP contribution >= 0.6 is 11.3 Å². The third-order valence-corrected chi connectivity index (χ3v) is 3.79. The zero-order chi connectivity index (χ0) is 16.1. The average molecular weight is 314 g/mol. The number of ether oxygens (including phenoxy) is 1. The van der Waals surface area contributed by atoms with E-state index in [0.717, 1.165) is 10.6 Å². The van der Waals surface area contributed by atoms with Gasteiger partial charge in [-0.3, -0.25) is 4.79 Å². The highest BCUT2D eigenvalue weighted by atomic mass is 32.1. The molecule has 114 valence electrons. The predicted octanol–water partition coefficient (Wildman–Crippen LogP) is 3.43. The van der Waals surface area contributed by atoms with Crippen LogP contribution in [0.5, 0.6) is 10.9 Å². The lowest BCUT2D eigenvalue weighted by atomic mass is 10.1. The minimum Gasteiger partial charge on any atom is -0.431 e. The van der Waals surface area contributed by atoms with Crippen molar-refractivity contribution in [3.05, 3.63) is 40.4 Å². The van der Waals surface area contributed by atoms with Crippen LogP contribution < -0.4 is 10.1 Å². The minimum absolute atomic E-state index is 0.0927. The Hall–Kier alpha value is -2.32. The van der Waals surface area contributed by atoms with Crippen molar-refractivity contribution in [1.29, 1.82) is 0 Å². The molecule has 4 nitrogen and oxygen atoms in total. The van der Waals surface area contributed by atoms with E-state index in [4.69, 9.17) is 4.74 Å². The molecule has 1 atom stereocenters. The van der Waals surface area contributed by atoms with Gasteiger partial charge in [0, 0.05) is 6.92 Å². The van der Waals surface area contributed by atoms with Gasteiger partial charge in [-0.05, 0) is 44.0 Å². The third kappa shape index (κ3) is 4.61. The maximum Gasteiger partial charge on any atom is 0.279 e. The lowest BCUT2D eigenvalue weighted by Gasteiger charge is -2.04. The Bertz CT molecular complexity index is 741. The Morgan fingerprint density at radius 1 is 1.36 bits per heavy atom. The first-order chi connectivity index (χ1) is 10.4. The van der Waals surface area contributed by atoms with Gasteiger partial charge in [0.05, 0.1) is 12.2 Å². The van der Waals surface area contributed by atoms with E-state index in [1.54, 1.807) is 6.20 Å². The van der Waals surface area contributed by atoms with Crippen LogP contribution in [-0.2, 0) is 4.79 Å². The summed E-state index contributed by atoms with van der Waals surface area (Å²) in [6.45, 7) is 7.42. The highest BCUT2D eigenvalue weighted by molar-refractivity contribution is 7.13. The second kappa shape index (κ2) is 7.10. The van der Waals surface area contributed by atoms with Crippen LogP contribution in [0.3, 0.4) is 0 Å². The summed E-state index contributed by atoms with van der Waals surface area (Å²) in [6.07, 6.45) is 1.68. The van der Waals surface area contributed by atoms with E-state index >= 15 is 0 Å². The molecule has 0 radical (unpaired) electrons. The van der Waals surface area contributed by atoms with Crippen molar-refractivity contribution >= 4 is 17.2 Å². The Balaban J connectivity index is 2.04. The molecule has 2 rings (SSSR count). The number of benzene rings is 1. The van der Waals surface area contributed by atoms with E-state index in [-0.39, 0.29) is 11.9 Å². The van der Waals surface area contributed by atoms with Gasteiger partial charge in [-0.1, -0.05) is 29.2 Å². The van der Waals surface area contributed by atoms with Gasteiger partial charge in [0.1, 0.15) is 10.6 Å². The van der Waals surface area contributed by atoms with Crippen molar-refractivity contribution in [1.82, 2.24) is 10.3 Å². The fourth-order valence-corrected chi connectivity index (χ4v) is 2.41. The average Bonchev–Trinajstić information content (AvgIpc) is 2.88. The fraction of sp³-hybridized carbons (Fsp3) is 0.294. The van der Waals surface area contributed by atoms with Crippen molar-refractivity contribution in [2.24, 2.45) is 0 Å². The molecule has 0 aliphatic rings. The number of carbonyl (C=O) groups is 1. The number of aryl methyl sites for hydroxylation is 2. The van der Waals surface area contributed by atoms with Crippen molar-refractivity contribution in [3.63, 3.8) is 0 Å². The Kier molecular flexibility index (Phi) is 5.18. The molecule has 22 heavy (non-hydrogen) atoms. The van der Waals surface area contributed by atoms with Crippen molar-refractivity contribution in [2.75, 3.05) is 0 Å². The maximum absolute atomic E-state index is 10.9. The number of rotatable bonds is 3. The maximum atomic E-state index is 10.9. The van der Waals surface area contributed by atoms with E-state index < -0.39 is 0 Å². The van der Waals surface area contributed by atoms with Gasteiger partial charge in [0.25, 0.3) is 5.19 Å². The second-order valence-electron chi connectivity index (χ2n) is 5.03. The minimum atomic E-state index is -0.191. The number of amides is 1. The summed E-state index contributed by atoms with van der Waals surface area (Å²) in [5.74, 6) is 6.62. The lowest BCUT2D eigenvalue weighted by Crippen LogP contribution is -2.28. The summed E-state index contributed by atoms with van der Waals surface area (Å²) >= 11 is 1.38. The molecule has 0 aliphatic carbocycles. The van der Waals surface area contributed by atoms with Gasteiger partial charge >= 0.3 is 0 Å². The smallest absolute Gasteiger partial charge is 0.279 e. The zero-order valence-corrected chi connectivity index (χ0v) is 13.9. The molecule has 0 saturated heterocycles. The quantitative estimate of drug-likeness (QED) is 0.883. The van der Waals surface area contributed by atoms with Gasteiger partial charge in [0.2, 0.25) is 5.91 Å². The van der Waals surface area contributed by atoms with Gasteiger partial charge in [0.15, 0.2) is 0 Å². The molecule has 1 aromatic carbocycles. The molecular formula is C17H18N2O2S. The summed E-state index contributed by atoms with van der Waals surface area (Å²) in [6, 6.07) is 5.74. The molecule has 0 spiro atoms. The number of hydrogen-bond donors (Lipinski definition) is 1. The third-order valence-electron chi connectivity index (χ3n) is 3.00. The van der Waals surface area contributed by atoms with E-state index in [2.05, 4.69) is 29.1 Å². The van der Waals surface area contributed by atoms with Crippen LogP contribution in [-0.4, -0.2) is 16.9 Å². The van der Waals surface area contributed by atoms with Crippen LogP contribution in [0.25, 0.3) is 0 Å². The molecule has 1 amide bonds. The number of carbonyl (C=O) groups excluding carboxylic acids is 1. The topological polar surface area (TPSA) is 51.2 Å². The first-order valence-electron chi connectivity index (χ1n) is 6.93. The van der Waals surface area contributed by atoms with Crippen LogP contribution in [0, 0.1) is 25.7 Å². The summed E-state index contributed by atoms with van der Waals surface area (Å²) in [4.78, 5) is 15.9. The molecule has 0 aliphatic heterocycles. The standard InChI is InChI=1S/C17H18N2O2S/c1-11-5-7-15(9-12(11)2)21-17-18-10-16(22-17)8-6-13(3)19-14(4)20/h5,7,9-10,13H,1-4H3,(H,19,20). The largest absolute Gasteiger partial charge is 0.431 e.